The van der Waals surface area contributed by atoms with Crippen LogP contribution in [-0.4, -0.2) is 59.9 Å². The quantitative estimate of drug-likeness (QED) is 0.190. The van der Waals surface area contributed by atoms with E-state index < -0.39 is 0 Å². The summed E-state index contributed by atoms with van der Waals surface area (Å²) in [6.07, 6.45) is 3.80. The molecule has 164 valence electrons. The van der Waals surface area contributed by atoms with E-state index in [4.69, 9.17) is 15.4 Å². The SMILES string of the molecule is CC(=O)OCCN(C1=NCCN1)/[N+](C=c1ccc(=C=[N-])cc1)=C/c1ccc(C#N)cc1.I. The molecule has 0 amide bonds. The number of aliphatic imine (C=N–C) groups is 1. The molecule has 1 heterocycles. The summed E-state index contributed by atoms with van der Waals surface area (Å²) in [6, 6.07) is 16.5. The minimum atomic E-state index is -0.347. The highest BCUT2D eigenvalue weighted by Gasteiger charge is 2.24. The van der Waals surface area contributed by atoms with Crippen LogP contribution in [0.25, 0.3) is 11.6 Å². The maximum absolute atomic E-state index is 11.3. The van der Waals surface area contributed by atoms with Crippen LogP contribution in [0.3, 0.4) is 0 Å². The van der Waals surface area contributed by atoms with Crippen LogP contribution in [0.1, 0.15) is 18.1 Å². The van der Waals surface area contributed by atoms with Gasteiger partial charge >= 0.3 is 5.97 Å². The predicted octanol–water partition coefficient (Wildman–Crippen LogP) is 0.696. The molecule has 0 bridgehead atoms. The van der Waals surface area contributed by atoms with E-state index in [0.29, 0.717) is 29.8 Å². The monoisotopic (exact) mass is 542 g/mol. The van der Waals surface area contributed by atoms with Crippen LogP contribution >= 0.6 is 24.0 Å². The number of nitrogens with one attached hydrogen (secondary N) is 1. The molecule has 0 aliphatic carbocycles. The first-order valence-corrected chi connectivity index (χ1v) is 9.76. The number of benzene rings is 2. The molecular weight excluding hydrogens is 519 g/mol. The molecule has 0 saturated heterocycles. The smallest absolute Gasteiger partial charge is 0.302 e. The van der Waals surface area contributed by atoms with Crippen LogP contribution < -0.4 is 15.8 Å². The highest BCUT2D eigenvalue weighted by Crippen LogP contribution is 2.04. The van der Waals surface area contributed by atoms with Gasteiger partial charge in [-0.05, 0) is 53.7 Å². The molecule has 0 fully saturated rings. The van der Waals surface area contributed by atoms with Crippen molar-refractivity contribution >= 4 is 54.2 Å². The number of nitriles is 1. The fraction of sp³-hybridized carbons (Fsp3) is 0.217. The van der Waals surface area contributed by atoms with Crippen LogP contribution in [0, 0.1) is 11.3 Å². The number of hydrogen-bond donors (Lipinski definition) is 1. The second-order valence-corrected chi connectivity index (χ2v) is 6.70. The molecular formula is C23H23IN6O2. The number of esters is 1. The van der Waals surface area contributed by atoms with Gasteiger partial charge in [-0.3, -0.25) is 10.7 Å². The van der Waals surface area contributed by atoms with Gasteiger partial charge in [-0.25, -0.2) is 4.99 Å². The van der Waals surface area contributed by atoms with Crippen molar-refractivity contribution in [2.75, 3.05) is 26.2 Å². The zero-order chi connectivity index (χ0) is 22.1. The number of carbonyl (C=O) groups excluding carboxylic acids is 1. The largest absolute Gasteiger partial charge is 0.763 e. The normalized spacial score (nSPS) is 12.4. The van der Waals surface area contributed by atoms with E-state index in [9.17, 15) is 4.79 Å². The summed E-state index contributed by atoms with van der Waals surface area (Å²) in [5, 5.41) is 24.7. The van der Waals surface area contributed by atoms with Crippen molar-refractivity contribution in [3.63, 3.8) is 0 Å². The van der Waals surface area contributed by atoms with Crippen molar-refractivity contribution < 1.29 is 14.2 Å². The maximum atomic E-state index is 11.3. The van der Waals surface area contributed by atoms with Crippen LogP contribution in [0.4, 0.5) is 0 Å². The Balaban J connectivity index is 0.00000363. The maximum Gasteiger partial charge on any atom is 0.302 e. The summed E-state index contributed by atoms with van der Waals surface area (Å²) < 4.78 is 7.02. The Morgan fingerprint density at radius 3 is 2.56 bits per heavy atom. The van der Waals surface area contributed by atoms with Crippen LogP contribution in [0.5, 0.6) is 0 Å². The lowest BCUT2D eigenvalue weighted by Crippen LogP contribution is -2.46. The van der Waals surface area contributed by atoms with Crippen LogP contribution in [0.15, 0.2) is 53.5 Å². The van der Waals surface area contributed by atoms with Crippen molar-refractivity contribution in [1.29, 1.82) is 5.26 Å². The standard InChI is InChI=1S/C23H22N6O2.HI/c1-18(30)31-13-12-29(23-26-10-11-27-23)28(16-21-6-2-19(14-24)3-7-21)17-22-8-4-20(15-25)5-9-22;/h2-9,16-17H,10-13H2,1H3,(H,26,27);1H/b28-16+;. The second kappa shape index (κ2) is 12.4. The van der Waals surface area contributed by atoms with Crippen LogP contribution in [0.2, 0.25) is 0 Å². The molecule has 32 heavy (non-hydrogen) atoms. The topological polar surface area (TPSA) is 103 Å². The summed E-state index contributed by atoms with van der Waals surface area (Å²) in [6.45, 7) is 3.32. The van der Waals surface area contributed by atoms with E-state index >= 15 is 0 Å². The molecule has 0 radical (unpaired) electrons. The zero-order valence-electron chi connectivity index (χ0n) is 17.6. The minimum absolute atomic E-state index is 0. The van der Waals surface area contributed by atoms with Gasteiger partial charge in [-0.1, -0.05) is 4.68 Å². The average Bonchev–Trinajstić information content (AvgIpc) is 3.32. The minimum Gasteiger partial charge on any atom is -0.763 e. The van der Waals surface area contributed by atoms with Crippen molar-refractivity contribution in [2.24, 2.45) is 4.99 Å². The molecule has 0 unspecified atom stereocenters. The number of ether oxygens (including phenoxy) is 1. The van der Waals surface area contributed by atoms with Crippen molar-refractivity contribution in [3.8, 4) is 6.07 Å². The van der Waals surface area contributed by atoms with Crippen molar-refractivity contribution in [3.05, 3.63) is 75.5 Å². The van der Waals surface area contributed by atoms with E-state index in [2.05, 4.69) is 22.2 Å². The summed E-state index contributed by atoms with van der Waals surface area (Å²) >= 11 is 0. The highest BCUT2D eigenvalue weighted by molar-refractivity contribution is 14.0. The fourth-order valence-corrected chi connectivity index (χ4v) is 2.93. The first kappa shape index (κ1) is 24.8. The number of carbonyl (C=O) groups is 1. The first-order chi connectivity index (χ1) is 15.1. The molecule has 2 aromatic rings. The Labute approximate surface area is 203 Å². The van der Waals surface area contributed by atoms with E-state index in [1.807, 2.05) is 46.4 Å². The summed E-state index contributed by atoms with van der Waals surface area (Å²) in [5.74, 6) is 2.44. The van der Waals surface area contributed by atoms with Crippen LogP contribution in [-0.2, 0) is 9.53 Å². The highest BCUT2D eigenvalue weighted by atomic mass is 127. The number of hydrazine groups is 1. The number of halogens is 1. The predicted molar refractivity (Wildman–Crippen MR) is 133 cm³/mol. The Kier molecular flexibility index (Phi) is 9.60. The zero-order valence-corrected chi connectivity index (χ0v) is 19.9. The van der Waals surface area contributed by atoms with Gasteiger partial charge < -0.3 is 15.5 Å². The third kappa shape index (κ3) is 7.04. The van der Waals surface area contributed by atoms with Gasteiger partial charge in [0.2, 0.25) is 12.4 Å². The van der Waals surface area contributed by atoms with E-state index in [-0.39, 0.29) is 36.6 Å². The molecule has 8 nitrogen and oxygen atoms in total. The van der Waals surface area contributed by atoms with Crippen molar-refractivity contribution in [1.82, 2.24) is 10.3 Å². The third-order valence-electron chi connectivity index (χ3n) is 4.43. The molecule has 1 aliphatic heterocycles. The lowest BCUT2D eigenvalue weighted by molar-refractivity contribution is -0.577. The second-order valence-electron chi connectivity index (χ2n) is 6.70. The molecule has 3 rings (SSSR count). The lowest BCUT2D eigenvalue weighted by atomic mass is 10.2. The van der Waals surface area contributed by atoms with E-state index in [0.717, 1.165) is 17.3 Å². The molecule has 0 spiro atoms. The van der Waals surface area contributed by atoms with Gasteiger partial charge in [0.1, 0.15) is 13.2 Å². The number of nitrogens with zero attached hydrogens (tertiary/aromatic N) is 5. The van der Waals surface area contributed by atoms with E-state index in [1.54, 1.807) is 24.3 Å². The van der Waals surface area contributed by atoms with Gasteiger partial charge in [-0.2, -0.15) is 5.26 Å². The summed E-state index contributed by atoms with van der Waals surface area (Å²) in [4.78, 5) is 15.8. The number of guanidine groups is 1. The average molecular weight is 542 g/mol. The van der Waals surface area contributed by atoms with E-state index in [1.165, 1.54) is 6.92 Å². The molecule has 0 aromatic heterocycles. The van der Waals surface area contributed by atoms with Gasteiger partial charge in [-0.15, -0.1) is 29.0 Å². The number of hydrazone groups is 1. The molecule has 0 saturated carbocycles. The molecule has 2 aromatic carbocycles. The number of hydrogen-bond acceptors (Lipinski definition) is 6. The van der Waals surface area contributed by atoms with Gasteiger partial charge in [0.15, 0.2) is 0 Å². The van der Waals surface area contributed by atoms with Crippen molar-refractivity contribution in [2.45, 2.75) is 6.92 Å². The Bertz CT molecular complexity index is 1170. The third-order valence-corrected chi connectivity index (χ3v) is 4.43. The van der Waals surface area contributed by atoms with Gasteiger partial charge in [0, 0.05) is 24.3 Å². The summed E-state index contributed by atoms with van der Waals surface area (Å²) in [5.41, 5.74) is 1.45. The first-order valence-electron chi connectivity index (χ1n) is 9.76. The number of rotatable bonds is 6. The Hall–Kier alpha value is -3.48. The Morgan fingerprint density at radius 1 is 1.28 bits per heavy atom. The fourth-order valence-electron chi connectivity index (χ4n) is 2.93. The molecule has 0 atom stereocenters. The molecule has 1 aliphatic rings. The Morgan fingerprint density at radius 2 is 2.00 bits per heavy atom. The summed E-state index contributed by atoms with van der Waals surface area (Å²) in [7, 11) is 0. The molecule has 9 heteroatoms. The lowest BCUT2D eigenvalue weighted by Gasteiger charge is -2.18. The molecule has 1 N–H and O–H groups in total. The van der Waals surface area contributed by atoms with Gasteiger partial charge in [0.05, 0.1) is 18.2 Å². The van der Waals surface area contributed by atoms with Gasteiger partial charge in [0.25, 0.3) is 5.96 Å².